The molecule has 1 atom stereocenters. The number of ether oxygens (including phenoxy) is 1. The van der Waals surface area contributed by atoms with Crippen LogP contribution in [0.2, 0.25) is 5.02 Å². The SMILES string of the molecule is CC1(C)CC(=O)C2=C(C1)NC1=C(C(=O)c3ccccc31)[C@H]2c1ccc(OC(=O)c2sc3ccccc3c2Cl)cc1. The number of hydrogen-bond acceptors (Lipinski definition) is 6. The average Bonchev–Trinajstić information content (AvgIpc) is 3.42. The highest BCUT2D eigenvalue weighted by Gasteiger charge is 2.46. The molecule has 3 aliphatic rings. The maximum atomic E-state index is 13.7. The van der Waals surface area contributed by atoms with E-state index >= 15 is 0 Å². The molecule has 0 unspecified atom stereocenters. The Morgan fingerprint density at radius 2 is 1.62 bits per heavy atom. The molecule has 1 aliphatic heterocycles. The number of esters is 1. The Morgan fingerprint density at radius 1 is 0.925 bits per heavy atom. The van der Waals surface area contributed by atoms with Gasteiger partial charge in [-0.3, -0.25) is 9.59 Å². The van der Waals surface area contributed by atoms with Crippen molar-refractivity contribution in [2.45, 2.75) is 32.6 Å². The van der Waals surface area contributed by atoms with Crippen LogP contribution in [0.1, 0.15) is 63.8 Å². The van der Waals surface area contributed by atoms with Crippen LogP contribution in [-0.2, 0) is 4.79 Å². The standard InChI is InChI=1S/C33H24ClNO4S/c1-33(2)15-22-26(23(36)16-33)25(27-29(35-22)19-7-3-4-8-20(19)30(27)37)17-11-13-18(14-12-17)39-32(38)31-28(34)21-9-5-6-10-24(21)40-31/h3-14,25,35H,15-16H2,1-2H3/t25-/m0/s1. The van der Waals surface area contributed by atoms with Crippen molar-refractivity contribution < 1.29 is 19.1 Å². The van der Waals surface area contributed by atoms with E-state index in [-0.39, 0.29) is 17.0 Å². The number of hydrogen-bond donors (Lipinski definition) is 1. The van der Waals surface area contributed by atoms with Gasteiger partial charge in [0.05, 0.1) is 10.7 Å². The minimum absolute atomic E-state index is 0.0500. The molecule has 7 heteroatoms. The molecule has 198 valence electrons. The number of nitrogens with one attached hydrogen (secondary N) is 1. The van der Waals surface area contributed by atoms with Gasteiger partial charge in [-0.05, 0) is 35.6 Å². The summed E-state index contributed by atoms with van der Waals surface area (Å²) in [5.74, 6) is -0.689. The Morgan fingerprint density at radius 3 is 2.38 bits per heavy atom. The Hall–Kier alpha value is -4.00. The highest BCUT2D eigenvalue weighted by molar-refractivity contribution is 7.21. The molecule has 0 fully saturated rings. The molecule has 1 aromatic heterocycles. The van der Waals surface area contributed by atoms with Crippen LogP contribution in [0.3, 0.4) is 0 Å². The van der Waals surface area contributed by atoms with E-state index in [0.29, 0.717) is 45.2 Å². The Kier molecular flexibility index (Phi) is 5.63. The summed E-state index contributed by atoms with van der Waals surface area (Å²) in [7, 11) is 0. The third-order valence-corrected chi connectivity index (χ3v) is 9.53. The van der Waals surface area contributed by atoms with Gasteiger partial charge in [-0.2, -0.15) is 0 Å². The summed E-state index contributed by atoms with van der Waals surface area (Å²) in [6.45, 7) is 4.18. The van der Waals surface area contributed by atoms with Gasteiger partial charge in [0.15, 0.2) is 11.6 Å². The summed E-state index contributed by atoms with van der Waals surface area (Å²) in [5, 5.41) is 4.70. The predicted molar refractivity (Wildman–Crippen MR) is 157 cm³/mol. The number of carbonyl (C=O) groups excluding carboxylic acids is 3. The molecule has 2 heterocycles. The van der Waals surface area contributed by atoms with Crippen LogP contribution in [0.15, 0.2) is 89.6 Å². The van der Waals surface area contributed by atoms with Crippen molar-refractivity contribution in [2.75, 3.05) is 0 Å². The maximum absolute atomic E-state index is 13.7. The van der Waals surface area contributed by atoms with E-state index in [4.69, 9.17) is 16.3 Å². The molecule has 7 rings (SSSR count). The summed E-state index contributed by atoms with van der Waals surface area (Å²) in [5.41, 5.74) is 5.03. The van der Waals surface area contributed by atoms with Crippen LogP contribution >= 0.6 is 22.9 Å². The van der Waals surface area contributed by atoms with Crippen molar-refractivity contribution in [3.05, 3.63) is 116 Å². The molecule has 0 bridgehead atoms. The normalized spacial score (nSPS) is 19.3. The lowest BCUT2D eigenvalue weighted by molar-refractivity contribution is -0.118. The highest BCUT2D eigenvalue weighted by atomic mass is 35.5. The summed E-state index contributed by atoms with van der Waals surface area (Å²) in [6.07, 6.45) is 1.13. The number of dihydropyridines is 1. The van der Waals surface area contributed by atoms with E-state index in [0.717, 1.165) is 32.6 Å². The summed E-state index contributed by atoms with van der Waals surface area (Å²) in [6, 6.07) is 22.2. The van der Waals surface area contributed by atoms with E-state index in [1.165, 1.54) is 11.3 Å². The fraction of sp³-hybridized carbons (Fsp3) is 0.182. The molecule has 40 heavy (non-hydrogen) atoms. The minimum Gasteiger partial charge on any atom is -0.422 e. The number of ketones is 2. The Balaban J connectivity index is 1.26. The maximum Gasteiger partial charge on any atom is 0.355 e. The number of fused-ring (bicyclic) bond motifs is 3. The zero-order chi connectivity index (χ0) is 27.8. The smallest absolute Gasteiger partial charge is 0.355 e. The zero-order valence-corrected chi connectivity index (χ0v) is 23.4. The number of benzene rings is 3. The third kappa shape index (κ3) is 3.86. The lowest BCUT2D eigenvalue weighted by Gasteiger charge is -2.39. The fourth-order valence-electron chi connectivity index (χ4n) is 6.15. The molecule has 5 nitrogen and oxygen atoms in total. The van der Waals surface area contributed by atoms with Gasteiger partial charge in [0.25, 0.3) is 0 Å². The molecule has 0 saturated heterocycles. The number of rotatable bonds is 3. The van der Waals surface area contributed by atoms with Gasteiger partial charge in [-0.1, -0.05) is 80.0 Å². The second-order valence-corrected chi connectivity index (χ2v) is 12.7. The van der Waals surface area contributed by atoms with Crippen molar-refractivity contribution in [3.8, 4) is 5.75 Å². The molecular weight excluding hydrogens is 542 g/mol. The topological polar surface area (TPSA) is 72.5 Å². The van der Waals surface area contributed by atoms with Crippen LogP contribution in [0.4, 0.5) is 0 Å². The fourth-order valence-corrected chi connectivity index (χ4v) is 7.53. The van der Waals surface area contributed by atoms with E-state index in [9.17, 15) is 14.4 Å². The predicted octanol–water partition coefficient (Wildman–Crippen LogP) is 7.71. The van der Waals surface area contributed by atoms with Crippen molar-refractivity contribution in [2.24, 2.45) is 5.41 Å². The van der Waals surface area contributed by atoms with E-state index in [2.05, 4.69) is 19.2 Å². The minimum atomic E-state index is -0.526. The number of halogens is 1. The average molecular weight is 566 g/mol. The van der Waals surface area contributed by atoms with Crippen molar-refractivity contribution in [3.63, 3.8) is 0 Å². The first-order valence-corrected chi connectivity index (χ1v) is 14.3. The molecule has 2 aliphatic carbocycles. The third-order valence-electron chi connectivity index (χ3n) is 7.87. The number of allylic oxidation sites excluding steroid dienone is 3. The van der Waals surface area contributed by atoms with Crippen LogP contribution in [-0.4, -0.2) is 17.5 Å². The molecule has 0 saturated carbocycles. The first-order chi connectivity index (χ1) is 19.2. The van der Waals surface area contributed by atoms with Gasteiger partial charge in [0, 0.05) is 50.4 Å². The molecule has 0 spiro atoms. The molecular formula is C33H24ClNO4S. The Bertz CT molecular complexity index is 1840. The summed E-state index contributed by atoms with van der Waals surface area (Å²) >= 11 is 7.77. The lowest BCUT2D eigenvalue weighted by atomic mass is 9.68. The summed E-state index contributed by atoms with van der Waals surface area (Å²) < 4.78 is 6.60. The van der Waals surface area contributed by atoms with Gasteiger partial charge in [0.1, 0.15) is 10.6 Å². The molecule has 3 aromatic carbocycles. The van der Waals surface area contributed by atoms with Gasteiger partial charge in [0.2, 0.25) is 0 Å². The van der Waals surface area contributed by atoms with E-state index in [1.807, 2.05) is 60.7 Å². The molecule has 1 N–H and O–H groups in total. The molecule has 4 aromatic rings. The largest absolute Gasteiger partial charge is 0.422 e. The van der Waals surface area contributed by atoms with Crippen LogP contribution in [0.25, 0.3) is 15.8 Å². The second kappa shape index (κ2) is 9.01. The summed E-state index contributed by atoms with van der Waals surface area (Å²) in [4.78, 5) is 40.6. The number of Topliss-reactive ketones (excluding diaryl/α,β-unsaturated/α-hetero) is 2. The van der Waals surface area contributed by atoms with Gasteiger partial charge >= 0.3 is 5.97 Å². The lowest BCUT2D eigenvalue weighted by Crippen LogP contribution is -2.37. The first kappa shape index (κ1) is 25.0. The van der Waals surface area contributed by atoms with Crippen molar-refractivity contribution in [1.82, 2.24) is 5.32 Å². The molecule has 0 radical (unpaired) electrons. The van der Waals surface area contributed by atoms with Gasteiger partial charge in [-0.15, -0.1) is 11.3 Å². The number of carbonyl (C=O) groups is 3. The van der Waals surface area contributed by atoms with Crippen molar-refractivity contribution >= 4 is 56.3 Å². The highest BCUT2D eigenvalue weighted by Crippen LogP contribution is 2.51. The molecule has 0 amide bonds. The van der Waals surface area contributed by atoms with Crippen LogP contribution in [0.5, 0.6) is 5.75 Å². The van der Waals surface area contributed by atoms with E-state index < -0.39 is 11.9 Å². The quantitative estimate of drug-likeness (QED) is 0.203. The van der Waals surface area contributed by atoms with Gasteiger partial charge < -0.3 is 10.1 Å². The first-order valence-electron chi connectivity index (χ1n) is 13.1. The monoisotopic (exact) mass is 565 g/mol. The van der Waals surface area contributed by atoms with Crippen LogP contribution < -0.4 is 10.1 Å². The van der Waals surface area contributed by atoms with Gasteiger partial charge in [-0.25, -0.2) is 4.79 Å². The number of thiophene rings is 1. The Labute approximate surface area is 240 Å². The zero-order valence-electron chi connectivity index (χ0n) is 21.8. The second-order valence-electron chi connectivity index (χ2n) is 11.3. The van der Waals surface area contributed by atoms with E-state index in [1.54, 1.807) is 12.1 Å². The van der Waals surface area contributed by atoms with Crippen LogP contribution in [0, 0.1) is 5.41 Å². The van der Waals surface area contributed by atoms with Crippen molar-refractivity contribution in [1.29, 1.82) is 0 Å².